The monoisotopic (exact) mass is 400 g/mol. The van der Waals surface area contributed by atoms with Gasteiger partial charge in [-0.2, -0.15) is 0 Å². The van der Waals surface area contributed by atoms with E-state index >= 15 is 0 Å². The minimum absolute atomic E-state index is 0.0363. The second kappa shape index (κ2) is 9.76. The van der Waals surface area contributed by atoms with Crippen LogP contribution >= 0.6 is 0 Å². The van der Waals surface area contributed by atoms with E-state index in [4.69, 9.17) is 0 Å². The Balaban J connectivity index is 1.65. The molecule has 4 amide bonds. The highest BCUT2D eigenvalue weighted by Gasteiger charge is 2.30. The summed E-state index contributed by atoms with van der Waals surface area (Å²) < 4.78 is 0. The Morgan fingerprint density at radius 3 is 2.52 bits per heavy atom. The number of carbonyl (C=O) groups is 3. The fraction of sp³-hybridized carbons (Fsp3) is 0.591. The van der Waals surface area contributed by atoms with Crippen LogP contribution in [0.2, 0.25) is 0 Å². The first-order chi connectivity index (χ1) is 14.0. The van der Waals surface area contributed by atoms with Crippen molar-refractivity contribution in [1.82, 2.24) is 10.2 Å². The topological polar surface area (TPSA) is 81.8 Å². The minimum Gasteiger partial charge on any atom is -0.335 e. The molecule has 7 heteroatoms. The zero-order chi connectivity index (χ0) is 20.8. The Kier molecular flexibility index (Phi) is 7.12. The van der Waals surface area contributed by atoms with Gasteiger partial charge in [-0.05, 0) is 31.9 Å². The predicted octanol–water partition coefficient (Wildman–Crippen LogP) is 3.50. The first-order valence-electron chi connectivity index (χ1n) is 10.7. The molecule has 0 bridgehead atoms. The molecule has 29 heavy (non-hydrogen) atoms. The zero-order valence-electron chi connectivity index (χ0n) is 17.4. The number of likely N-dealkylation sites (N-methyl/N-ethyl adjacent to an activating group) is 1. The lowest BCUT2D eigenvalue weighted by Crippen LogP contribution is -2.49. The van der Waals surface area contributed by atoms with Gasteiger partial charge in [-0.1, -0.05) is 44.2 Å². The number of amides is 4. The Bertz CT molecular complexity index is 743. The summed E-state index contributed by atoms with van der Waals surface area (Å²) in [6.45, 7) is 1.82. The second-order valence-electron chi connectivity index (χ2n) is 8.23. The van der Waals surface area contributed by atoms with E-state index in [0.29, 0.717) is 11.4 Å². The van der Waals surface area contributed by atoms with Crippen LogP contribution in [-0.2, 0) is 9.59 Å². The molecule has 1 aromatic rings. The molecule has 0 unspecified atom stereocenters. The number of urea groups is 1. The maximum atomic E-state index is 13.1. The summed E-state index contributed by atoms with van der Waals surface area (Å²) in [4.78, 5) is 40.9. The maximum Gasteiger partial charge on any atom is 0.317 e. The quantitative estimate of drug-likeness (QED) is 0.815. The van der Waals surface area contributed by atoms with E-state index in [1.807, 2.05) is 25.1 Å². The third-order valence-electron chi connectivity index (χ3n) is 5.78. The molecule has 2 aliphatic rings. The molecule has 1 atom stereocenters. The molecule has 1 heterocycles. The van der Waals surface area contributed by atoms with Crippen LogP contribution < -0.4 is 15.5 Å². The molecule has 3 rings (SSSR count). The number of anilines is 2. The summed E-state index contributed by atoms with van der Waals surface area (Å²) >= 11 is 0. The van der Waals surface area contributed by atoms with Crippen LogP contribution in [0.3, 0.4) is 0 Å². The molecular weight excluding hydrogens is 368 g/mol. The summed E-state index contributed by atoms with van der Waals surface area (Å²) in [5.41, 5.74) is 1.29. The van der Waals surface area contributed by atoms with Crippen LogP contribution in [-0.4, -0.2) is 48.4 Å². The van der Waals surface area contributed by atoms with Crippen molar-refractivity contribution < 1.29 is 14.4 Å². The third kappa shape index (κ3) is 5.49. The van der Waals surface area contributed by atoms with E-state index < -0.39 is 0 Å². The first-order valence-corrected chi connectivity index (χ1v) is 10.7. The number of hydrogen-bond donors (Lipinski definition) is 2. The van der Waals surface area contributed by atoms with Crippen LogP contribution in [0.5, 0.6) is 0 Å². The molecular formula is C22H32N4O3. The molecule has 0 radical (unpaired) electrons. The highest BCUT2D eigenvalue weighted by Crippen LogP contribution is 2.31. The maximum absolute atomic E-state index is 13.1. The molecule has 1 aliphatic carbocycles. The Labute approximate surface area is 172 Å². The first kappa shape index (κ1) is 21.1. The van der Waals surface area contributed by atoms with Crippen molar-refractivity contribution in [3.63, 3.8) is 0 Å². The number of hydrogen-bond acceptors (Lipinski definition) is 3. The summed E-state index contributed by atoms with van der Waals surface area (Å²) in [6, 6.07) is 6.96. The van der Waals surface area contributed by atoms with E-state index in [0.717, 1.165) is 25.7 Å². The number of benzene rings is 1. The van der Waals surface area contributed by atoms with Gasteiger partial charge in [0.25, 0.3) is 0 Å². The van der Waals surface area contributed by atoms with Crippen molar-refractivity contribution in [2.24, 2.45) is 0 Å². The van der Waals surface area contributed by atoms with Gasteiger partial charge in [0.15, 0.2) is 0 Å². The summed E-state index contributed by atoms with van der Waals surface area (Å²) in [6.07, 6.45) is 8.21. The van der Waals surface area contributed by atoms with Gasteiger partial charge in [0.05, 0.1) is 11.4 Å². The number of fused-ring (bicyclic) bond motifs is 1. The van der Waals surface area contributed by atoms with Gasteiger partial charge in [-0.25, -0.2) is 4.79 Å². The molecule has 1 aromatic carbocycles. The SMILES string of the molecule is C[C@@H]1CC(=O)Nc2ccccc2N1C(=O)CN(C)C(=O)NC1CCCCCCC1. The zero-order valence-corrected chi connectivity index (χ0v) is 17.4. The normalized spacial score (nSPS) is 20.6. The number of carbonyl (C=O) groups excluding carboxylic acids is 3. The third-order valence-corrected chi connectivity index (χ3v) is 5.78. The van der Waals surface area contributed by atoms with Gasteiger partial charge in [-0.3, -0.25) is 9.59 Å². The van der Waals surface area contributed by atoms with Crippen LogP contribution in [0.4, 0.5) is 16.2 Å². The Morgan fingerprint density at radius 1 is 1.14 bits per heavy atom. The van der Waals surface area contributed by atoms with Gasteiger partial charge >= 0.3 is 6.03 Å². The number of rotatable bonds is 3. The minimum atomic E-state index is -0.284. The smallest absolute Gasteiger partial charge is 0.317 e. The standard InChI is InChI=1S/C22H32N4O3/c1-16-14-20(27)24-18-12-8-9-13-19(18)26(16)21(28)15-25(2)22(29)23-17-10-6-4-3-5-7-11-17/h8-9,12-13,16-17H,3-7,10-11,14-15H2,1-2H3,(H,23,29)(H,24,27)/t16-/m1/s1. The van der Waals surface area contributed by atoms with Gasteiger partial charge in [0.1, 0.15) is 6.54 Å². The van der Waals surface area contributed by atoms with Crippen LogP contribution in [0.1, 0.15) is 58.3 Å². The van der Waals surface area contributed by atoms with Crippen molar-refractivity contribution in [1.29, 1.82) is 0 Å². The largest absolute Gasteiger partial charge is 0.335 e. The lowest BCUT2D eigenvalue weighted by atomic mass is 9.97. The van der Waals surface area contributed by atoms with Gasteiger partial charge in [0, 0.05) is 25.6 Å². The summed E-state index contributed by atoms with van der Waals surface area (Å²) in [7, 11) is 1.65. The predicted molar refractivity (Wildman–Crippen MR) is 114 cm³/mol. The van der Waals surface area contributed by atoms with Crippen molar-refractivity contribution in [3.05, 3.63) is 24.3 Å². The lowest BCUT2D eigenvalue weighted by molar-refractivity contribution is -0.119. The number of para-hydroxylation sites is 2. The Hall–Kier alpha value is -2.57. The van der Waals surface area contributed by atoms with E-state index in [1.54, 1.807) is 18.0 Å². The number of nitrogens with one attached hydrogen (secondary N) is 2. The highest BCUT2D eigenvalue weighted by atomic mass is 16.2. The van der Waals surface area contributed by atoms with E-state index in [1.165, 1.54) is 24.2 Å². The average Bonchev–Trinajstić information content (AvgIpc) is 2.77. The van der Waals surface area contributed by atoms with E-state index in [9.17, 15) is 14.4 Å². The fourth-order valence-electron chi connectivity index (χ4n) is 4.20. The molecule has 0 spiro atoms. The molecule has 0 aromatic heterocycles. The Morgan fingerprint density at radius 2 is 1.79 bits per heavy atom. The van der Waals surface area contributed by atoms with Gasteiger partial charge in [0.2, 0.25) is 11.8 Å². The summed E-state index contributed by atoms with van der Waals surface area (Å²) in [5.74, 6) is -0.313. The van der Waals surface area contributed by atoms with Crippen LogP contribution in [0.25, 0.3) is 0 Å². The highest BCUT2D eigenvalue weighted by molar-refractivity contribution is 6.05. The average molecular weight is 401 g/mol. The molecule has 1 saturated carbocycles. The molecule has 7 nitrogen and oxygen atoms in total. The molecule has 1 fully saturated rings. The van der Waals surface area contributed by atoms with Gasteiger partial charge < -0.3 is 20.4 Å². The fourth-order valence-corrected chi connectivity index (χ4v) is 4.20. The van der Waals surface area contributed by atoms with Crippen molar-refractivity contribution in [2.45, 2.75) is 70.4 Å². The van der Waals surface area contributed by atoms with Crippen molar-refractivity contribution in [2.75, 3.05) is 23.8 Å². The van der Waals surface area contributed by atoms with E-state index in [-0.39, 0.29) is 42.9 Å². The summed E-state index contributed by atoms with van der Waals surface area (Å²) in [5, 5.41) is 5.95. The van der Waals surface area contributed by atoms with Crippen molar-refractivity contribution >= 4 is 29.2 Å². The molecule has 1 aliphatic heterocycles. The van der Waals surface area contributed by atoms with Crippen molar-refractivity contribution in [3.8, 4) is 0 Å². The lowest BCUT2D eigenvalue weighted by Gasteiger charge is -2.30. The van der Waals surface area contributed by atoms with Gasteiger partial charge in [-0.15, -0.1) is 0 Å². The molecule has 0 saturated heterocycles. The van der Waals surface area contributed by atoms with Crippen LogP contribution in [0, 0.1) is 0 Å². The second-order valence-corrected chi connectivity index (χ2v) is 8.23. The van der Waals surface area contributed by atoms with E-state index in [2.05, 4.69) is 10.6 Å². The van der Waals surface area contributed by atoms with Crippen LogP contribution in [0.15, 0.2) is 24.3 Å². The molecule has 2 N–H and O–H groups in total. The molecule has 158 valence electrons. The number of nitrogens with zero attached hydrogens (tertiary/aromatic N) is 2.